The predicted octanol–water partition coefficient (Wildman–Crippen LogP) is 1.92. The first-order valence-electron chi connectivity index (χ1n) is 5.90. The molecule has 5 nitrogen and oxygen atoms in total. The average Bonchev–Trinajstić information content (AvgIpc) is 2.43. The molecule has 0 atom stereocenters. The monoisotopic (exact) mass is 368 g/mol. The van der Waals surface area contributed by atoms with Gasteiger partial charge in [-0.2, -0.15) is 0 Å². The van der Waals surface area contributed by atoms with Gasteiger partial charge in [0.15, 0.2) is 0 Å². The predicted molar refractivity (Wildman–Crippen MR) is 80.5 cm³/mol. The molecule has 2 rings (SSSR count). The van der Waals surface area contributed by atoms with E-state index >= 15 is 0 Å². The first-order valence-corrected chi connectivity index (χ1v) is 8.17. The van der Waals surface area contributed by atoms with E-state index in [-0.39, 0.29) is 10.5 Å². The molecule has 0 fully saturated rings. The van der Waals surface area contributed by atoms with Gasteiger partial charge in [-0.25, -0.2) is 8.42 Å². The minimum atomic E-state index is -3.88. The summed E-state index contributed by atoms with van der Waals surface area (Å²) in [6, 6.07) is 10.2. The molecule has 0 unspecified atom stereocenters. The molecule has 0 amide bonds. The number of carbonyl (C=O) groups is 1. The molecule has 110 valence electrons. The maximum absolute atomic E-state index is 12.3. The number of hydrogen-bond donors (Lipinski definition) is 1. The Morgan fingerprint density at radius 3 is 2.57 bits per heavy atom. The van der Waals surface area contributed by atoms with Crippen LogP contribution in [0.4, 0.5) is 5.69 Å². The molecule has 7 heteroatoms. The molecule has 0 radical (unpaired) electrons. The summed E-state index contributed by atoms with van der Waals surface area (Å²) < 4.78 is 27.6. The topological polar surface area (TPSA) is 86.3 Å². The van der Waals surface area contributed by atoms with Crippen LogP contribution in [-0.2, 0) is 10.0 Å². The highest BCUT2D eigenvalue weighted by Gasteiger charge is 2.16. The van der Waals surface area contributed by atoms with E-state index in [0.29, 0.717) is 10.2 Å². The Morgan fingerprint density at radius 2 is 1.90 bits per heavy atom. The second-order valence-corrected chi connectivity index (χ2v) is 6.94. The van der Waals surface area contributed by atoms with Crippen molar-refractivity contribution in [3.05, 3.63) is 58.1 Å². The van der Waals surface area contributed by atoms with Crippen molar-refractivity contribution in [3.63, 3.8) is 0 Å². The summed E-state index contributed by atoms with van der Waals surface area (Å²) in [7, 11) is -3.88. The quantitative estimate of drug-likeness (QED) is 0.892. The highest BCUT2D eigenvalue weighted by molar-refractivity contribution is 9.10. The summed E-state index contributed by atoms with van der Waals surface area (Å²) in [6.07, 6.45) is 0. The molecule has 0 aliphatic rings. The van der Waals surface area contributed by atoms with Crippen LogP contribution in [-0.4, -0.2) is 14.4 Å². The van der Waals surface area contributed by atoms with Crippen LogP contribution >= 0.6 is 15.9 Å². The van der Waals surface area contributed by atoms with Crippen LogP contribution in [0.1, 0.15) is 15.9 Å². The molecule has 0 bridgehead atoms. The number of anilines is 1. The van der Waals surface area contributed by atoms with Gasteiger partial charge in [0, 0.05) is 4.47 Å². The first-order chi connectivity index (χ1) is 9.79. The van der Waals surface area contributed by atoms with E-state index in [4.69, 9.17) is 0 Å². The Labute approximate surface area is 130 Å². The average molecular weight is 369 g/mol. The van der Waals surface area contributed by atoms with Crippen molar-refractivity contribution < 1.29 is 18.3 Å². The summed E-state index contributed by atoms with van der Waals surface area (Å²) in [5.74, 6) is -1.43. The van der Waals surface area contributed by atoms with Crippen molar-refractivity contribution in [2.24, 2.45) is 0 Å². The molecule has 2 aromatic carbocycles. The number of carbonyl (C=O) groups excluding carboxylic acids is 1. The van der Waals surface area contributed by atoms with Gasteiger partial charge in [-0.15, -0.1) is 0 Å². The highest BCUT2D eigenvalue weighted by Crippen LogP contribution is 2.26. The molecule has 0 saturated carbocycles. The van der Waals surface area contributed by atoms with Crippen LogP contribution in [0, 0.1) is 6.92 Å². The Bertz CT molecular complexity index is 802. The van der Waals surface area contributed by atoms with Gasteiger partial charge in [-0.1, -0.05) is 18.2 Å². The molecule has 0 aliphatic carbocycles. The minimum Gasteiger partial charge on any atom is -0.545 e. The summed E-state index contributed by atoms with van der Waals surface area (Å²) in [6.45, 7) is 1.83. The maximum atomic E-state index is 12.3. The molecule has 2 aromatic rings. The summed E-state index contributed by atoms with van der Waals surface area (Å²) in [4.78, 5) is 10.7. The number of hydrogen-bond acceptors (Lipinski definition) is 4. The molecule has 0 aliphatic heterocycles. The number of carboxylic acid groups (broad SMARTS) is 1. The fourth-order valence-electron chi connectivity index (χ4n) is 1.71. The Morgan fingerprint density at radius 1 is 1.19 bits per heavy atom. The third kappa shape index (κ3) is 3.62. The molecule has 0 aromatic heterocycles. The minimum absolute atomic E-state index is 0.141. The van der Waals surface area contributed by atoms with Gasteiger partial charge in [0.2, 0.25) is 0 Å². The lowest BCUT2D eigenvalue weighted by Gasteiger charge is -2.11. The van der Waals surface area contributed by atoms with Crippen LogP contribution in [0.5, 0.6) is 0 Å². The summed E-state index contributed by atoms with van der Waals surface area (Å²) in [5.41, 5.74) is 1.08. The SMILES string of the molecule is Cc1ccc(Br)c(NS(=O)(=O)c2cccc(C(=O)[O-])c2)c1. The van der Waals surface area contributed by atoms with Gasteiger partial charge >= 0.3 is 0 Å². The number of rotatable bonds is 4. The Kier molecular flexibility index (Phi) is 4.34. The van der Waals surface area contributed by atoms with Gasteiger partial charge in [-0.3, -0.25) is 4.72 Å². The molecule has 21 heavy (non-hydrogen) atoms. The van der Waals surface area contributed by atoms with E-state index in [9.17, 15) is 18.3 Å². The van der Waals surface area contributed by atoms with Crippen molar-refractivity contribution in [2.45, 2.75) is 11.8 Å². The molecular formula is C14H11BrNO4S-. The van der Waals surface area contributed by atoms with Crippen molar-refractivity contribution in [1.29, 1.82) is 0 Å². The van der Waals surface area contributed by atoms with E-state index in [0.717, 1.165) is 11.6 Å². The molecule has 1 N–H and O–H groups in total. The maximum Gasteiger partial charge on any atom is 0.261 e. The van der Waals surface area contributed by atoms with Gasteiger partial charge < -0.3 is 9.90 Å². The lowest BCUT2D eigenvalue weighted by atomic mass is 10.2. The standard InChI is InChI=1S/C14H12BrNO4S/c1-9-5-6-12(15)13(7-9)16-21(19,20)11-4-2-3-10(8-11)14(17)18/h2-8,16H,1H3,(H,17,18)/p-1. The molecule has 0 heterocycles. The largest absolute Gasteiger partial charge is 0.545 e. The second-order valence-electron chi connectivity index (χ2n) is 4.40. The number of aryl methyl sites for hydroxylation is 1. The zero-order valence-electron chi connectivity index (χ0n) is 11.0. The van der Waals surface area contributed by atoms with E-state index in [1.54, 1.807) is 12.1 Å². The lowest BCUT2D eigenvalue weighted by Crippen LogP contribution is -2.23. The number of sulfonamides is 1. The Balaban J connectivity index is 2.41. The fourth-order valence-corrected chi connectivity index (χ4v) is 3.30. The summed E-state index contributed by atoms with van der Waals surface area (Å²) >= 11 is 3.26. The van der Waals surface area contributed by atoms with Gasteiger partial charge in [0.1, 0.15) is 0 Å². The zero-order valence-corrected chi connectivity index (χ0v) is 13.4. The van der Waals surface area contributed by atoms with Crippen molar-refractivity contribution in [1.82, 2.24) is 0 Å². The van der Waals surface area contributed by atoms with Crippen LogP contribution < -0.4 is 9.83 Å². The lowest BCUT2D eigenvalue weighted by molar-refractivity contribution is -0.255. The van der Waals surface area contributed by atoms with E-state index in [2.05, 4.69) is 20.7 Å². The third-order valence-electron chi connectivity index (χ3n) is 2.75. The molecule has 0 spiro atoms. The van der Waals surface area contributed by atoms with Gasteiger partial charge in [-0.05, 0) is 58.2 Å². The number of carboxylic acids is 1. The van der Waals surface area contributed by atoms with Crippen molar-refractivity contribution >= 4 is 37.6 Å². The second kappa shape index (κ2) is 5.87. The van der Waals surface area contributed by atoms with Crippen LogP contribution in [0.15, 0.2) is 51.8 Å². The summed E-state index contributed by atoms with van der Waals surface area (Å²) in [5, 5.41) is 10.8. The van der Waals surface area contributed by atoms with Gasteiger partial charge in [0.25, 0.3) is 10.0 Å². The van der Waals surface area contributed by atoms with Gasteiger partial charge in [0.05, 0.1) is 16.6 Å². The van der Waals surface area contributed by atoms with Crippen LogP contribution in [0.25, 0.3) is 0 Å². The molecular weight excluding hydrogens is 358 g/mol. The third-order valence-corrected chi connectivity index (χ3v) is 4.80. The van der Waals surface area contributed by atoms with Crippen LogP contribution in [0.2, 0.25) is 0 Å². The normalized spacial score (nSPS) is 11.1. The highest BCUT2D eigenvalue weighted by atomic mass is 79.9. The number of benzene rings is 2. The first kappa shape index (κ1) is 15.5. The number of nitrogens with one attached hydrogen (secondary N) is 1. The van der Waals surface area contributed by atoms with E-state index in [1.165, 1.54) is 18.2 Å². The number of halogens is 1. The van der Waals surface area contributed by atoms with Crippen LogP contribution in [0.3, 0.4) is 0 Å². The van der Waals surface area contributed by atoms with Crippen molar-refractivity contribution in [3.8, 4) is 0 Å². The zero-order chi connectivity index (χ0) is 15.6. The number of aromatic carboxylic acids is 1. The molecule has 0 saturated heterocycles. The smallest absolute Gasteiger partial charge is 0.261 e. The van der Waals surface area contributed by atoms with E-state index in [1.807, 2.05) is 13.0 Å². The van der Waals surface area contributed by atoms with E-state index < -0.39 is 16.0 Å². The van der Waals surface area contributed by atoms with Crippen molar-refractivity contribution in [2.75, 3.05) is 4.72 Å². The Hall–Kier alpha value is -1.86. The fraction of sp³-hybridized carbons (Fsp3) is 0.0714.